The number of aliphatic hydroxyl groups excluding tert-OH is 1. The fourth-order valence-corrected chi connectivity index (χ4v) is 2.48. The molecule has 0 aromatic carbocycles. The number of hydrogen-bond acceptors (Lipinski definition) is 3. The van der Waals surface area contributed by atoms with Crippen molar-refractivity contribution in [1.82, 2.24) is 4.68 Å². The molecule has 4 heteroatoms. The average molecular weight is 252 g/mol. The Morgan fingerprint density at radius 1 is 1.33 bits per heavy atom. The van der Waals surface area contributed by atoms with E-state index in [4.69, 9.17) is 4.74 Å². The predicted molar refractivity (Wildman–Crippen MR) is 72.3 cm³/mol. The number of aromatic nitrogens is 1. The molecule has 4 nitrogen and oxygen atoms in total. The highest BCUT2D eigenvalue weighted by molar-refractivity contribution is 5.15. The highest BCUT2D eigenvalue weighted by atomic mass is 16.5. The molecular formula is C14H24N2O2. The minimum absolute atomic E-state index is 0.370. The van der Waals surface area contributed by atoms with E-state index in [0.717, 1.165) is 24.2 Å². The maximum atomic E-state index is 9.89. The van der Waals surface area contributed by atoms with Gasteiger partial charge in [-0.1, -0.05) is 12.8 Å². The van der Waals surface area contributed by atoms with Crippen LogP contribution in [0.4, 0.5) is 0 Å². The van der Waals surface area contributed by atoms with Gasteiger partial charge < -0.3 is 15.3 Å². The molecule has 1 heterocycles. The van der Waals surface area contributed by atoms with Gasteiger partial charge in [0.2, 0.25) is 0 Å². The van der Waals surface area contributed by atoms with E-state index in [9.17, 15) is 5.11 Å². The summed E-state index contributed by atoms with van der Waals surface area (Å²) in [5.74, 6) is 0. The van der Waals surface area contributed by atoms with E-state index in [1.165, 1.54) is 12.8 Å². The number of aliphatic hydroxyl groups is 1. The lowest BCUT2D eigenvalue weighted by Gasteiger charge is -2.18. The van der Waals surface area contributed by atoms with E-state index in [0.29, 0.717) is 19.3 Å². The molecule has 1 atom stereocenters. The van der Waals surface area contributed by atoms with Gasteiger partial charge in [0.1, 0.15) is 0 Å². The zero-order chi connectivity index (χ0) is 13.0. The summed E-state index contributed by atoms with van der Waals surface area (Å²) in [4.78, 5) is 0. The molecule has 1 aromatic heterocycles. The van der Waals surface area contributed by atoms with Crippen molar-refractivity contribution in [2.24, 2.45) is 0 Å². The van der Waals surface area contributed by atoms with Crippen molar-refractivity contribution in [3.05, 3.63) is 23.5 Å². The first-order valence-electron chi connectivity index (χ1n) is 6.85. The lowest BCUT2D eigenvalue weighted by Crippen LogP contribution is -2.31. The van der Waals surface area contributed by atoms with Crippen LogP contribution in [0.5, 0.6) is 0 Å². The third-order valence-corrected chi connectivity index (χ3v) is 3.58. The van der Waals surface area contributed by atoms with Gasteiger partial charge in [-0.15, -0.1) is 0 Å². The first kappa shape index (κ1) is 13.4. The lowest BCUT2D eigenvalue weighted by atomic mass is 10.3. The van der Waals surface area contributed by atoms with Crippen molar-refractivity contribution in [3.63, 3.8) is 0 Å². The van der Waals surface area contributed by atoms with Crippen molar-refractivity contribution in [2.45, 2.75) is 51.7 Å². The number of nitrogens with zero attached hydrogens (tertiary/aromatic N) is 1. The molecule has 0 radical (unpaired) electrons. The van der Waals surface area contributed by atoms with Crippen LogP contribution in [0.2, 0.25) is 0 Å². The number of ether oxygens (including phenoxy) is 1. The highest BCUT2D eigenvalue weighted by Crippen LogP contribution is 2.20. The molecule has 0 saturated heterocycles. The molecule has 2 N–H and O–H groups in total. The van der Waals surface area contributed by atoms with Crippen LogP contribution in [0.3, 0.4) is 0 Å². The van der Waals surface area contributed by atoms with Gasteiger partial charge in [-0.3, -0.25) is 4.68 Å². The summed E-state index contributed by atoms with van der Waals surface area (Å²) in [7, 11) is 0. The first-order chi connectivity index (χ1) is 8.66. The van der Waals surface area contributed by atoms with Crippen LogP contribution >= 0.6 is 0 Å². The lowest BCUT2D eigenvalue weighted by molar-refractivity contribution is -0.00198. The van der Waals surface area contributed by atoms with E-state index in [1.54, 1.807) is 0 Å². The van der Waals surface area contributed by atoms with Crippen molar-refractivity contribution in [1.29, 1.82) is 0 Å². The summed E-state index contributed by atoms with van der Waals surface area (Å²) in [5, 5.41) is 9.89. The van der Waals surface area contributed by atoms with Gasteiger partial charge in [-0.2, -0.15) is 0 Å². The second-order valence-corrected chi connectivity index (χ2v) is 5.21. The van der Waals surface area contributed by atoms with Crippen LogP contribution in [-0.2, 0) is 4.74 Å². The van der Waals surface area contributed by atoms with Crippen molar-refractivity contribution in [3.8, 4) is 0 Å². The van der Waals surface area contributed by atoms with Gasteiger partial charge in [0.15, 0.2) is 0 Å². The SMILES string of the molecule is Cc1ccc(C)n1NCC(O)COC1CCCC1. The van der Waals surface area contributed by atoms with Crippen LogP contribution in [0.15, 0.2) is 12.1 Å². The van der Waals surface area contributed by atoms with E-state index in [-0.39, 0.29) is 0 Å². The number of nitrogens with one attached hydrogen (secondary N) is 1. The molecule has 0 spiro atoms. The normalized spacial score (nSPS) is 18.2. The Hall–Kier alpha value is -1.00. The van der Waals surface area contributed by atoms with Crippen LogP contribution in [0, 0.1) is 13.8 Å². The summed E-state index contributed by atoms with van der Waals surface area (Å²) in [6.07, 6.45) is 4.74. The van der Waals surface area contributed by atoms with Crippen LogP contribution in [0.1, 0.15) is 37.1 Å². The predicted octanol–water partition coefficient (Wildman–Crippen LogP) is 1.97. The summed E-state index contributed by atoms with van der Waals surface area (Å²) < 4.78 is 7.69. The van der Waals surface area contributed by atoms with E-state index >= 15 is 0 Å². The van der Waals surface area contributed by atoms with E-state index in [1.807, 2.05) is 18.5 Å². The highest BCUT2D eigenvalue weighted by Gasteiger charge is 2.16. The summed E-state index contributed by atoms with van der Waals surface area (Å²) in [6, 6.07) is 4.12. The smallest absolute Gasteiger partial charge is 0.0961 e. The van der Waals surface area contributed by atoms with Crippen molar-refractivity contribution >= 4 is 0 Å². The molecule has 1 unspecified atom stereocenters. The van der Waals surface area contributed by atoms with Gasteiger partial charge in [0, 0.05) is 11.4 Å². The molecule has 1 aromatic rings. The Bertz CT molecular complexity index is 350. The molecule has 102 valence electrons. The monoisotopic (exact) mass is 252 g/mol. The summed E-state index contributed by atoms with van der Waals surface area (Å²) >= 11 is 0. The number of rotatable bonds is 6. The Kier molecular flexibility index (Phi) is 4.66. The molecule has 18 heavy (non-hydrogen) atoms. The molecule has 0 bridgehead atoms. The fourth-order valence-electron chi connectivity index (χ4n) is 2.48. The third-order valence-electron chi connectivity index (χ3n) is 3.58. The molecule has 1 aliphatic carbocycles. The van der Waals surface area contributed by atoms with Crippen LogP contribution < -0.4 is 5.43 Å². The second-order valence-electron chi connectivity index (χ2n) is 5.21. The minimum atomic E-state index is -0.452. The van der Waals surface area contributed by atoms with Gasteiger partial charge in [0.05, 0.1) is 25.4 Å². The number of hydrogen-bond donors (Lipinski definition) is 2. The van der Waals surface area contributed by atoms with Gasteiger partial charge in [0.25, 0.3) is 0 Å². The first-order valence-corrected chi connectivity index (χ1v) is 6.85. The molecule has 1 saturated carbocycles. The van der Waals surface area contributed by atoms with Crippen molar-refractivity contribution < 1.29 is 9.84 Å². The quantitative estimate of drug-likeness (QED) is 0.813. The summed E-state index contributed by atoms with van der Waals surface area (Å²) in [5.41, 5.74) is 5.52. The topological polar surface area (TPSA) is 46.4 Å². The van der Waals surface area contributed by atoms with Crippen LogP contribution in [-0.4, -0.2) is 35.1 Å². The Morgan fingerprint density at radius 3 is 2.56 bits per heavy atom. The Morgan fingerprint density at radius 2 is 1.94 bits per heavy atom. The molecule has 1 aliphatic rings. The maximum absolute atomic E-state index is 9.89. The molecule has 0 amide bonds. The van der Waals surface area contributed by atoms with Gasteiger partial charge in [-0.05, 0) is 38.8 Å². The second kappa shape index (κ2) is 6.25. The van der Waals surface area contributed by atoms with Crippen molar-refractivity contribution in [2.75, 3.05) is 18.6 Å². The van der Waals surface area contributed by atoms with Gasteiger partial charge in [-0.25, -0.2) is 0 Å². The van der Waals surface area contributed by atoms with E-state index in [2.05, 4.69) is 17.6 Å². The third kappa shape index (κ3) is 3.50. The zero-order valence-corrected chi connectivity index (χ0v) is 11.4. The molecule has 2 rings (SSSR count). The average Bonchev–Trinajstić information content (AvgIpc) is 2.96. The number of aryl methyl sites for hydroxylation is 2. The van der Waals surface area contributed by atoms with E-state index < -0.39 is 6.10 Å². The molecule has 1 fully saturated rings. The molecular weight excluding hydrogens is 228 g/mol. The standard InChI is InChI=1S/C14H24N2O2/c1-11-7-8-12(2)16(11)15-9-13(17)10-18-14-5-3-4-6-14/h7-8,13-15,17H,3-6,9-10H2,1-2H3. The Balaban J connectivity index is 1.69. The summed E-state index contributed by atoms with van der Waals surface area (Å²) in [6.45, 7) is 5.03. The Labute approximate surface area is 109 Å². The molecule has 0 aliphatic heterocycles. The van der Waals surface area contributed by atoms with Crippen LogP contribution in [0.25, 0.3) is 0 Å². The largest absolute Gasteiger partial charge is 0.389 e. The zero-order valence-electron chi connectivity index (χ0n) is 11.4. The maximum Gasteiger partial charge on any atom is 0.0961 e. The fraction of sp³-hybridized carbons (Fsp3) is 0.714. The minimum Gasteiger partial charge on any atom is -0.389 e. The van der Waals surface area contributed by atoms with Gasteiger partial charge >= 0.3 is 0 Å².